The molecule has 0 aromatic heterocycles. The molecule has 96 valence electrons. The van der Waals surface area contributed by atoms with E-state index in [-0.39, 0.29) is 11.8 Å². The molecule has 0 spiro atoms. The molecule has 0 radical (unpaired) electrons. The highest BCUT2D eigenvalue weighted by molar-refractivity contribution is 5.78. The van der Waals surface area contributed by atoms with Crippen molar-refractivity contribution in [2.75, 3.05) is 6.54 Å². The third kappa shape index (κ3) is 5.21. The van der Waals surface area contributed by atoms with Crippen molar-refractivity contribution in [1.29, 1.82) is 5.26 Å². The molecule has 1 fully saturated rings. The highest BCUT2D eigenvalue weighted by Gasteiger charge is 2.22. The topological polar surface area (TPSA) is 52.9 Å². The summed E-state index contributed by atoms with van der Waals surface area (Å²) in [7, 11) is 0. The predicted molar refractivity (Wildman–Crippen MR) is 68.2 cm³/mol. The van der Waals surface area contributed by atoms with E-state index in [0.29, 0.717) is 6.54 Å². The average molecular weight is 236 g/mol. The molecule has 1 amide bonds. The predicted octanol–water partition coefficient (Wildman–Crippen LogP) is 3.01. The Morgan fingerprint density at radius 1 is 1.24 bits per heavy atom. The summed E-state index contributed by atoms with van der Waals surface area (Å²) in [5, 5.41) is 11.8. The number of hydrogen-bond donors (Lipinski definition) is 1. The standard InChI is InChI=1S/C14H24N2O/c1-14(2,10-15)11-16-13(17)12-8-6-4-3-5-7-9-12/h12H,3-9,11H2,1-2H3,(H,16,17). The maximum Gasteiger partial charge on any atom is 0.223 e. The molecule has 1 aliphatic rings. The average Bonchev–Trinajstić information content (AvgIpc) is 2.26. The minimum Gasteiger partial charge on any atom is -0.354 e. The first-order chi connectivity index (χ1) is 8.05. The lowest BCUT2D eigenvalue weighted by Crippen LogP contribution is -2.37. The van der Waals surface area contributed by atoms with Crippen molar-refractivity contribution in [3.05, 3.63) is 0 Å². The van der Waals surface area contributed by atoms with E-state index in [1.165, 1.54) is 32.1 Å². The number of nitrogens with zero attached hydrogens (tertiary/aromatic N) is 1. The smallest absolute Gasteiger partial charge is 0.223 e. The molecule has 1 aliphatic carbocycles. The molecule has 1 N–H and O–H groups in total. The monoisotopic (exact) mass is 236 g/mol. The zero-order chi connectivity index (χ0) is 12.7. The first kappa shape index (κ1) is 14.0. The van der Waals surface area contributed by atoms with Crippen LogP contribution >= 0.6 is 0 Å². The summed E-state index contributed by atoms with van der Waals surface area (Å²) in [6.45, 7) is 4.16. The Morgan fingerprint density at radius 2 is 1.76 bits per heavy atom. The van der Waals surface area contributed by atoms with E-state index >= 15 is 0 Å². The van der Waals surface area contributed by atoms with Crippen molar-refractivity contribution in [2.24, 2.45) is 11.3 Å². The van der Waals surface area contributed by atoms with Gasteiger partial charge in [-0.3, -0.25) is 4.79 Å². The lowest BCUT2D eigenvalue weighted by atomic mass is 9.90. The highest BCUT2D eigenvalue weighted by atomic mass is 16.1. The third-order valence-electron chi connectivity index (χ3n) is 3.48. The summed E-state index contributed by atoms with van der Waals surface area (Å²) < 4.78 is 0. The van der Waals surface area contributed by atoms with Crippen molar-refractivity contribution in [2.45, 2.75) is 58.8 Å². The second kappa shape index (κ2) is 6.64. The molecule has 0 bridgehead atoms. The summed E-state index contributed by atoms with van der Waals surface area (Å²) in [6.07, 6.45) is 8.19. The molecule has 1 saturated carbocycles. The molecule has 1 rings (SSSR count). The van der Waals surface area contributed by atoms with Crippen LogP contribution in [0.1, 0.15) is 58.8 Å². The van der Waals surface area contributed by atoms with Gasteiger partial charge in [0.05, 0.1) is 11.5 Å². The lowest BCUT2D eigenvalue weighted by molar-refractivity contribution is -0.125. The van der Waals surface area contributed by atoms with Gasteiger partial charge in [0, 0.05) is 12.5 Å². The van der Waals surface area contributed by atoms with Gasteiger partial charge >= 0.3 is 0 Å². The molecule has 0 aromatic rings. The number of hydrogen-bond acceptors (Lipinski definition) is 2. The Hall–Kier alpha value is -1.04. The number of rotatable bonds is 3. The second-order valence-corrected chi connectivity index (χ2v) is 5.76. The fourth-order valence-electron chi connectivity index (χ4n) is 2.21. The number of nitriles is 1. The number of amides is 1. The SMILES string of the molecule is CC(C)(C#N)CNC(=O)C1CCCCCCC1. The number of carbonyl (C=O) groups is 1. The zero-order valence-corrected chi connectivity index (χ0v) is 11.1. The summed E-state index contributed by atoms with van der Waals surface area (Å²) in [4.78, 5) is 12.0. The first-order valence-corrected chi connectivity index (χ1v) is 6.74. The fraction of sp³-hybridized carbons (Fsp3) is 0.857. The molecule has 0 unspecified atom stereocenters. The molecule has 3 heteroatoms. The Labute approximate surface area is 105 Å². The normalized spacial score (nSPS) is 18.9. The van der Waals surface area contributed by atoms with Crippen molar-refractivity contribution >= 4 is 5.91 Å². The van der Waals surface area contributed by atoms with E-state index in [2.05, 4.69) is 11.4 Å². The van der Waals surface area contributed by atoms with Crippen LogP contribution in [0.3, 0.4) is 0 Å². The van der Waals surface area contributed by atoms with Gasteiger partial charge in [0.2, 0.25) is 5.91 Å². The number of carbonyl (C=O) groups excluding carboxylic acids is 1. The van der Waals surface area contributed by atoms with E-state index in [9.17, 15) is 4.79 Å². The first-order valence-electron chi connectivity index (χ1n) is 6.74. The molecule has 0 heterocycles. The Morgan fingerprint density at radius 3 is 2.29 bits per heavy atom. The van der Waals surface area contributed by atoms with Crippen molar-refractivity contribution < 1.29 is 4.79 Å². The molecular formula is C14H24N2O. The van der Waals surface area contributed by atoms with Crippen LogP contribution < -0.4 is 5.32 Å². The van der Waals surface area contributed by atoms with Gasteiger partial charge in [0.15, 0.2) is 0 Å². The van der Waals surface area contributed by atoms with Crippen LogP contribution in [-0.4, -0.2) is 12.5 Å². The molecule has 17 heavy (non-hydrogen) atoms. The van der Waals surface area contributed by atoms with E-state index in [0.717, 1.165) is 12.8 Å². The third-order valence-corrected chi connectivity index (χ3v) is 3.48. The van der Waals surface area contributed by atoms with Gasteiger partial charge in [-0.25, -0.2) is 0 Å². The second-order valence-electron chi connectivity index (χ2n) is 5.76. The van der Waals surface area contributed by atoms with Gasteiger partial charge in [-0.15, -0.1) is 0 Å². The van der Waals surface area contributed by atoms with Gasteiger partial charge in [-0.2, -0.15) is 5.26 Å². The largest absolute Gasteiger partial charge is 0.354 e. The van der Waals surface area contributed by atoms with Crippen LogP contribution in [0.4, 0.5) is 0 Å². The van der Waals surface area contributed by atoms with E-state index in [4.69, 9.17) is 5.26 Å². The van der Waals surface area contributed by atoms with Crippen molar-refractivity contribution in [3.63, 3.8) is 0 Å². The van der Waals surface area contributed by atoms with Gasteiger partial charge in [-0.1, -0.05) is 32.1 Å². The van der Waals surface area contributed by atoms with Gasteiger partial charge in [0.1, 0.15) is 0 Å². The molecule has 3 nitrogen and oxygen atoms in total. The van der Waals surface area contributed by atoms with Crippen LogP contribution in [0.25, 0.3) is 0 Å². The van der Waals surface area contributed by atoms with Crippen LogP contribution in [0, 0.1) is 22.7 Å². The Balaban J connectivity index is 2.37. The van der Waals surface area contributed by atoms with E-state index < -0.39 is 5.41 Å². The zero-order valence-electron chi connectivity index (χ0n) is 11.1. The van der Waals surface area contributed by atoms with Gasteiger partial charge in [-0.05, 0) is 26.7 Å². The Bertz CT molecular complexity index is 283. The molecule has 0 aliphatic heterocycles. The Kier molecular flexibility index (Phi) is 5.47. The minimum atomic E-state index is -0.461. The van der Waals surface area contributed by atoms with E-state index in [1.54, 1.807) is 0 Å². The molecular weight excluding hydrogens is 212 g/mol. The van der Waals surface area contributed by atoms with Gasteiger partial charge in [0.25, 0.3) is 0 Å². The summed E-state index contributed by atoms with van der Waals surface area (Å²) in [6, 6.07) is 2.21. The van der Waals surface area contributed by atoms with Crippen LogP contribution in [0.5, 0.6) is 0 Å². The van der Waals surface area contributed by atoms with Crippen molar-refractivity contribution in [3.8, 4) is 6.07 Å². The van der Waals surface area contributed by atoms with Crippen LogP contribution in [0.2, 0.25) is 0 Å². The van der Waals surface area contributed by atoms with Crippen LogP contribution in [-0.2, 0) is 4.79 Å². The van der Waals surface area contributed by atoms with E-state index in [1.807, 2.05) is 13.8 Å². The number of nitrogens with one attached hydrogen (secondary N) is 1. The fourth-order valence-corrected chi connectivity index (χ4v) is 2.21. The highest BCUT2D eigenvalue weighted by Crippen LogP contribution is 2.22. The van der Waals surface area contributed by atoms with Crippen molar-refractivity contribution in [1.82, 2.24) is 5.32 Å². The molecule has 0 saturated heterocycles. The molecule has 0 atom stereocenters. The summed E-state index contributed by atoms with van der Waals surface area (Å²) in [5.74, 6) is 0.319. The van der Waals surface area contributed by atoms with Crippen LogP contribution in [0.15, 0.2) is 0 Å². The quantitative estimate of drug-likeness (QED) is 0.819. The maximum atomic E-state index is 12.0. The molecule has 0 aromatic carbocycles. The van der Waals surface area contributed by atoms with Gasteiger partial charge < -0.3 is 5.32 Å². The maximum absolute atomic E-state index is 12.0. The summed E-state index contributed by atoms with van der Waals surface area (Å²) >= 11 is 0. The minimum absolute atomic E-state index is 0.148. The summed E-state index contributed by atoms with van der Waals surface area (Å²) in [5.41, 5.74) is -0.461. The lowest BCUT2D eigenvalue weighted by Gasteiger charge is -2.21.